The highest BCUT2D eigenvalue weighted by molar-refractivity contribution is 9.10. The Hall–Kier alpha value is -1.29. The molecule has 0 saturated carbocycles. The molecule has 0 aromatic heterocycles. The highest BCUT2D eigenvalue weighted by Gasteiger charge is 1.95. The maximum Gasteiger partial charge on any atom is 0.328 e. The Balaban J connectivity index is 2.51. The van der Waals surface area contributed by atoms with Crippen molar-refractivity contribution in [3.05, 3.63) is 40.4 Å². The Morgan fingerprint density at radius 2 is 2.33 bits per heavy atom. The Labute approximate surface area is 96.9 Å². The number of benzene rings is 1. The third-order valence-electron chi connectivity index (χ3n) is 1.84. The summed E-state index contributed by atoms with van der Waals surface area (Å²) < 4.78 is 1.06. The zero-order valence-electron chi connectivity index (χ0n) is 8.33. The molecule has 1 rings (SSSR count). The van der Waals surface area contributed by atoms with E-state index in [1.807, 2.05) is 25.1 Å². The first-order valence-electron chi connectivity index (χ1n) is 4.49. The van der Waals surface area contributed by atoms with Crippen LogP contribution in [0.25, 0.3) is 0 Å². The standard InChI is InChI=1S/C11H12BrNO2/c1-8-7-9(4-5-10(8)12)13-6-2-3-11(14)15/h2-5,7,13H,6H2,1H3,(H,14,15)/b3-2+. The van der Waals surface area contributed by atoms with Gasteiger partial charge in [-0.2, -0.15) is 0 Å². The van der Waals surface area contributed by atoms with Crippen LogP contribution in [0, 0.1) is 6.92 Å². The molecule has 0 atom stereocenters. The lowest BCUT2D eigenvalue weighted by molar-refractivity contribution is -0.131. The van der Waals surface area contributed by atoms with Crippen molar-refractivity contribution in [2.24, 2.45) is 0 Å². The smallest absolute Gasteiger partial charge is 0.328 e. The summed E-state index contributed by atoms with van der Waals surface area (Å²) in [6, 6.07) is 5.89. The number of hydrogen-bond donors (Lipinski definition) is 2. The minimum Gasteiger partial charge on any atom is -0.478 e. The second-order valence-corrected chi connectivity index (χ2v) is 3.94. The van der Waals surface area contributed by atoms with Crippen LogP contribution in [0.15, 0.2) is 34.8 Å². The molecule has 2 N–H and O–H groups in total. The average Bonchev–Trinajstić information content (AvgIpc) is 2.18. The van der Waals surface area contributed by atoms with Crippen LogP contribution in [-0.4, -0.2) is 17.6 Å². The largest absolute Gasteiger partial charge is 0.478 e. The van der Waals surface area contributed by atoms with Crippen molar-refractivity contribution in [3.8, 4) is 0 Å². The number of carboxylic acid groups (broad SMARTS) is 1. The topological polar surface area (TPSA) is 49.3 Å². The molecule has 0 aliphatic heterocycles. The van der Waals surface area contributed by atoms with E-state index >= 15 is 0 Å². The molecule has 0 fully saturated rings. The van der Waals surface area contributed by atoms with E-state index < -0.39 is 5.97 Å². The fourth-order valence-corrected chi connectivity index (χ4v) is 1.34. The predicted octanol–water partition coefficient (Wildman–Crippen LogP) is 2.81. The molecule has 0 unspecified atom stereocenters. The molecule has 0 spiro atoms. The molecule has 0 heterocycles. The van der Waals surface area contributed by atoms with Crippen molar-refractivity contribution in [1.82, 2.24) is 0 Å². The second-order valence-electron chi connectivity index (χ2n) is 3.09. The van der Waals surface area contributed by atoms with Gasteiger partial charge in [-0.1, -0.05) is 22.0 Å². The number of aliphatic carboxylic acids is 1. The molecule has 4 heteroatoms. The number of hydrogen-bond acceptors (Lipinski definition) is 2. The highest BCUT2D eigenvalue weighted by Crippen LogP contribution is 2.19. The van der Waals surface area contributed by atoms with E-state index in [1.165, 1.54) is 0 Å². The van der Waals surface area contributed by atoms with Gasteiger partial charge >= 0.3 is 5.97 Å². The van der Waals surface area contributed by atoms with Gasteiger partial charge in [-0.3, -0.25) is 0 Å². The van der Waals surface area contributed by atoms with Gasteiger partial charge in [-0.25, -0.2) is 4.79 Å². The molecular formula is C11H12BrNO2. The van der Waals surface area contributed by atoms with E-state index in [0.29, 0.717) is 6.54 Å². The predicted molar refractivity (Wildman–Crippen MR) is 64.1 cm³/mol. The van der Waals surface area contributed by atoms with Crippen LogP contribution in [0.5, 0.6) is 0 Å². The Bertz CT molecular complexity index is 388. The lowest BCUT2D eigenvalue weighted by Crippen LogP contribution is -1.99. The van der Waals surface area contributed by atoms with Crippen molar-refractivity contribution < 1.29 is 9.90 Å². The van der Waals surface area contributed by atoms with E-state index in [0.717, 1.165) is 21.8 Å². The third-order valence-corrected chi connectivity index (χ3v) is 2.73. The first kappa shape index (κ1) is 11.8. The summed E-state index contributed by atoms with van der Waals surface area (Å²) in [4.78, 5) is 10.2. The maximum absolute atomic E-state index is 10.2. The van der Waals surface area contributed by atoms with Crippen molar-refractivity contribution in [3.63, 3.8) is 0 Å². The maximum atomic E-state index is 10.2. The Morgan fingerprint density at radius 1 is 1.60 bits per heavy atom. The molecule has 0 bridgehead atoms. The lowest BCUT2D eigenvalue weighted by atomic mass is 10.2. The number of carboxylic acids is 1. The van der Waals surface area contributed by atoms with Crippen LogP contribution in [0.4, 0.5) is 5.69 Å². The molecule has 15 heavy (non-hydrogen) atoms. The van der Waals surface area contributed by atoms with Crippen LogP contribution in [0.2, 0.25) is 0 Å². The molecule has 1 aromatic carbocycles. The molecule has 0 saturated heterocycles. The SMILES string of the molecule is Cc1cc(NC/C=C/C(=O)O)ccc1Br. The van der Waals surface area contributed by atoms with Gasteiger partial charge in [0.1, 0.15) is 0 Å². The van der Waals surface area contributed by atoms with Crippen LogP contribution < -0.4 is 5.32 Å². The number of rotatable bonds is 4. The fourth-order valence-electron chi connectivity index (χ4n) is 1.09. The molecule has 0 radical (unpaired) electrons. The Kier molecular flexibility index (Phi) is 4.37. The lowest BCUT2D eigenvalue weighted by Gasteiger charge is -2.05. The monoisotopic (exact) mass is 269 g/mol. The van der Waals surface area contributed by atoms with Gasteiger partial charge in [0.2, 0.25) is 0 Å². The van der Waals surface area contributed by atoms with Gasteiger partial charge in [-0.05, 0) is 30.7 Å². The summed E-state index contributed by atoms with van der Waals surface area (Å²) in [5.74, 6) is -0.927. The van der Waals surface area contributed by atoms with E-state index in [-0.39, 0.29) is 0 Å². The van der Waals surface area contributed by atoms with E-state index in [4.69, 9.17) is 5.11 Å². The van der Waals surface area contributed by atoms with Gasteiger partial charge in [-0.15, -0.1) is 0 Å². The van der Waals surface area contributed by atoms with Crippen molar-refractivity contribution in [2.75, 3.05) is 11.9 Å². The van der Waals surface area contributed by atoms with Crippen LogP contribution in [-0.2, 0) is 4.79 Å². The number of carbonyl (C=O) groups is 1. The third kappa shape index (κ3) is 4.16. The van der Waals surface area contributed by atoms with Gasteiger partial charge in [0, 0.05) is 22.8 Å². The minimum absolute atomic E-state index is 0.507. The molecule has 0 aliphatic carbocycles. The number of halogens is 1. The van der Waals surface area contributed by atoms with Crippen molar-refractivity contribution in [1.29, 1.82) is 0 Å². The summed E-state index contributed by atoms with van der Waals surface area (Å²) in [7, 11) is 0. The molecule has 1 aromatic rings. The van der Waals surface area contributed by atoms with Crippen LogP contribution in [0.1, 0.15) is 5.56 Å². The number of aryl methyl sites for hydroxylation is 1. The summed E-state index contributed by atoms with van der Waals surface area (Å²) >= 11 is 3.41. The zero-order chi connectivity index (χ0) is 11.3. The van der Waals surface area contributed by atoms with Gasteiger partial charge in [0.25, 0.3) is 0 Å². The van der Waals surface area contributed by atoms with E-state index in [2.05, 4.69) is 21.2 Å². The van der Waals surface area contributed by atoms with Crippen molar-refractivity contribution >= 4 is 27.6 Å². The van der Waals surface area contributed by atoms with Crippen molar-refractivity contribution in [2.45, 2.75) is 6.92 Å². The fraction of sp³-hybridized carbons (Fsp3) is 0.182. The first-order chi connectivity index (χ1) is 7.09. The summed E-state index contributed by atoms with van der Waals surface area (Å²) in [6.07, 6.45) is 2.69. The molecule has 0 aliphatic rings. The zero-order valence-corrected chi connectivity index (χ0v) is 9.91. The number of anilines is 1. The molecule has 0 amide bonds. The van der Waals surface area contributed by atoms with Gasteiger partial charge in [0.15, 0.2) is 0 Å². The quantitative estimate of drug-likeness (QED) is 0.827. The van der Waals surface area contributed by atoms with Crippen LogP contribution in [0.3, 0.4) is 0 Å². The summed E-state index contributed by atoms with van der Waals surface area (Å²) in [5.41, 5.74) is 2.12. The molecule has 3 nitrogen and oxygen atoms in total. The van der Waals surface area contributed by atoms with Gasteiger partial charge < -0.3 is 10.4 Å². The van der Waals surface area contributed by atoms with E-state index in [1.54, 1.807) is 6.08 Å². The first-order valence-corrected chi connectivity index (χ1v) is 5.28. The highest BCUT2D eigenvalue weighted by atomic mass is 79.9. The number of nitrogens with one attached hydrogen (secondary N) is 1. The van der Waals surface area contributed by atoms with E-state index in [9.17, 15) is 4.79 Å². The summed E-state index contributed by atoms with van der Waals surface area (Å²) in [6.45, 7) is 2.51. The van der Waals surface area contributed by atoms with Crippen LogP contribution >= 0.6 is 15.9 Å². The normalized spacial score (nSPS) is 10.5. The molecular weight excluding hydrogens is 258 g/mol. The Morgan fingerprint density at radius 3 is 2.93 bits per heavy atom. The summed E-state index contributed by atoms with van der Waals surface area (Å²) in [5, 5.41) is 11.5. The minimum atomic E-state index is -0.927. The average molecular weight is 270 g/mol. The molecule has 80 valence electrons. The second kappa shape index (κ2) is 5.56. The van der Waals surface area contributed by atoms with Gasteiger partial charge in [0.05, 0.1) is 0 Å².